The van der Waals surface area contributed by atoms with Crippen LogP contribution >= 0.6 is 27.5 Å². The molecule has 0 saturated carbocycles. The number of hydrogen-bond acceptors (Lipinski definition) is 0. The molecule has 21 heavy (non-hydrogen) atoms. The van der Waals surface area contributed by atoms with Gasteiger partial charge < -0.3 is 0 Å². The number of hydrogen-bond donors (Lipinski definition) is 0. The fourth-order valence-corrected chi connectivity index (χ4v) is 2.89. The van der Waals surface area contributed by atoms with Gasteiger partial charge in [-0.25, -0.2) is 0 Å². The molecule has 0 spiro atoms. The topological polar surface area (TPSA) is 0 Å². The Morgan fingerprint density at radius 3 is 2.29 bits per heavy atom. The first kappa shape index (κ1) is 16.4. The van der Waals surface area contributed by atoms with E-state index in [1.165, 1.54) is 12.1 Å². The van der Waals surface area contributed by atoms with Crippen LogP contribution in [0.1, 0.15) is 27.6 Å². The van der Waals surface area contributed by atoms with Crippen molar-refractivity contribution in [3.05, 3.63) is 69.2 Å². The Bertz CT molecular complexity index is 620. The molecule has 1 atom stereocenters. The third-order valence-electron chi connectivity index (χ3n) is 3.27. The minimum Gasteiger partial charge on any atom is -0.166 e. The van der Waals surface area contributed by atoms with E-state index in [4.69, 9.17) is 11.6 Å². The van der Waals surface area contributed by atoms with Gasteiger partial charge >= 0.3 is 6.18 Å². The minimum atomic E-state index is -4.31. The maximum absolute atomic E-state index is 12.5. The summed E-state index contributed by atoms with van der Waals surface area (Å²) in [5.74, 6) is 0. The van der Waals surface area contributed by atoms with Crippen LogP contribution in [0.15, 0.2) is 46.9 Å². The number of rotatable bonds is 3. The normalized spacial score (nSPS) is 13.2. The summed E-state index contributed by atoms with van der Waals surface area (Å²) in [6, 6.07) is 11.0. The molecule has 0 amide bonds. The molecule has 0 fully saturated rings. The lowest BCUT2D eigenvalue weighted by atomic mass is 9.99. The second-order valence-corrected chi connectivity index (χ2v) is 6.31. The lowest BCUT2D eigenvalue weighted by Gasteiger charge is -2.14. The van der Waals surface area contributed by atoms with Crippen LogP contribution in [0.5, 0.6) is 0 Å². The number of alkyl halides is 4. The van der Waals surface area contributed by atoms with Crippen molar-refractivity contribution in [1.29, 1.82) is 0 Å². The summed E-state index contributed by atoms with van der Waals surface area (Å²) in [5, 5.41) is -0.278. The van der Waals surface area contributed by atoms with E-state index in [1.54, 1.807) is 0 Å². The standard InChI is InChI=1S/C16H13BrClF3/c1-10-2-7-13(17)9-14(10)15(18)8-11-3-5-12(6-4-11)16(19,20)21/h2-7,9,15H,8H2,1H3. The lowest BCUT2D eigenvalue weighted by Crippen LogP contribution is -2.05. The summed E-state index contributed by atoms with van der Waals surface area (Å²) in [6.45, 7) is 1.96. The summed E-state index contributed by atoms with van der Waals surface area (Å²) >= 11 is 9.80. The summed E-state index contributed by atoms with van der Waals surface area (Å²) in [4.78, 5) is 0. The van der Waals surface area contributed by atoms with E-state index in [1.807, 2.05) is 25.1 Å². The van der Waals surface area contributed by atoms with Gasteiger partial charge in [-0.1, -0.05) is 34.1 Å². The molecule has 0 aliphatic carbocycles. The fourth-order valence-electron chi connectivity index (χ4n) is 2.10. The van der Waals surface area contributed by atoms with E-state index in [2.05, 4.69) is 15.9 Å². The second kappa shape index (κ2) is 6.41. The highest BCUT2D eigenvalue weighted by molar-refractivity contribution is 9.10. The highest BCUT2D eigenvalue weighted by atomic mass is 79.9. The molecule has 0 bridgehead atoms. The van der Waals surface area contributed by atoms with Crippen molar-refractivity contribution >= 4 is 27.5 Å². The molecule has 2 rings (SSSR count). The fraction of sp³-hybridized carbons (Fsp3) is 0.250. The minimum absolute atomic E-state index is 0.278. The summed E-state index contributed by atoms with van der Waals surface area (Å²) < 4.78 is 38.5. The number of benzene rings is 2. The number of aryl methyl sites for hydroxylation is 1. The van der Waals surface area contributed by atoms with Gasteiger partial charge in [-0.15, -0.1) is 11.6 Å². The van der Waals surface area contributed by atoms with Crippen molar-refractivity contribution in [3.63, 3.8) is 0 Å². The third-order valence-corrected chi connectivity index (χ3v) is 4.16. The molecule has 5 heteroatoms. The van der Waals surface area contributed by atoms with E-state index in [0.717, 1.165) is 33.3 Å². The first-order valence-corrected chi connectivity index (χ1v) is 7.56. The van der Waals surface area contributed by atoms with E-state index in [0.29, 0.717) is 6.42 Å². The zero-order valence-corrected chi connectivity index (χ0v) is 13.6. The van der Waals surface area contributed by atoms with Gasteiger partial charge in [-0.3, -0.25) is 0 Å². The van der Waals surface area contributed by atoms with Gasteiger partial charge in [0, 0.05) is 4.47 Å². The zero-order chi connectivity index (χ0) is 15.6. The molecule has 112 valence electrons. The lowest BCUT2D eigenvalue weighted by molar-refractivity contribution is -0.137. The van der Waals surface area contributed by atoms with E-state index >= 15 is 0 Å². The molecule has 0 aliphatic rings. The average Bonchev–Trinajstić information content (AvgIpc) is 2.41. The van der Waals surface area contributed by atoms with Crippen LogP contribution < -0.4 is 0 Å². The maximum atomic E-state index is 12.5. The first-order chi connectivity index (χ1) is 9.77. The van der Waals surface area contributed by atoms with Crippen molar-refractivity contribution in [1.82, 2.24) is 0 Å². The molecule has 2 aromatic rings. The molecule has 1 unspecified atom stereocenters. The number of halogens is 5. The Morgan fingerprint density at radius 2 is 1.71 bits per heavy atom. The van der Waals surface area contributed by atoms with Crippen molar-refractivity contribution in [2.24, 2.45) is 0 Å². The van der Waals surface area contributed by atoms with Crippen LogP contribution in [-0.4, -0.2) is 0 Å². The zero-order valence-electron chi connectivity index (χ0n) is 11.2. The van der Waals surface area contributed by atoms with Crippen molar-refractivity contribution in [3.8, 4) is 0 Å². The molecular formula is C16H13BrClF3. The second-order valence-electron chi connectivity index (χ2n) is 4.87. The van der Waals surface area contributed by atoms with Gasteiger partial charge in [0.25, 0.3) is 0 Å². The highest BCUT2D eigenvalue weighted by Crippen LogP contribution is 2.32. The van der Waals surface area contributed by atoms with E-state index in [9.17, 15) is 13.2 Å². The first-order valence-electron chi connectivity index (χ1n) is 6.33. The maximum Gasteiger partial charge on any atom is 0.416 e. The highest BCUT2D eigenvalue weighted by Gasteiger charge is 2.30. The van der Waals surface area contributed by atoms with E-state index in [-0.39, 0.29) is 5.38 Å². The van der Waals surface area contributed by atoms with Crippen LogP contribution in [0, 0.1) is 6.92 Å². The predicted octanol–water partition coefficient (Wildman–Crippen LogP) is 6.30. The monoisotopic (exact) mass is 376 g/mol. The van der Waals surface area contributed by atoms with Crippen molar-refractivity contribution < 1.29 is 13.2 Å². The Hall–Kier alpha value is -1.00. The Kier molecular flexibility index (Phi) is 4.99. The van der Waals surface area contributed by atoms with Gasteiger partial charge in [-0.05, 0) is 54.3 Å². The Labute approximate surface area is 135 Å². The van der Waals surface area contributed by atoms with Gasteiger partial charge in [-0.2, -0.15) is 13.2 Å². The van der Waals surface area contributed by atoms with Gasteiger partial charge in [0.15, 0.2) is 0 Å². The van der Waals surface area contributed by atoms with Crippen molar-refractivity contribution in [2.75, 3.05) is 0 Å². The Morgan fingerprint density at radius 1 is 1.10 bits per heavy atom. The third kappa shape index (κ3) is 4.24. The predicted molar refractivity (Wildman–Crippen MR) is 82.6 cm³/mol. The molecule has 0 radical (unpaired) electrons. The Balaban J connectivity index is 2.16. The summed E-state index contributed by atoms with van der Waals surface area (Å²) in [5.41, 5.74) is 2.18. The van der Waals surface area contributed by atoms with Crippen molar-refractivity contribution in [2.45, 2.75) is 24.9 Å². The van der Waals surface area contributed by atoms with Gasteiger partial charge in [0.05, 0.1) is 10.9 Å². The molecule has 2 aromatic carbocycles. The van der Waals surface area contributed by atoms with Crippen LogP contribution in [-0.2, 0) is 12.6 Å². The van der Waals surface area contributed by atoms with Gasteiger partial charge in [0.1, 0.15) is 0 Å². The largest absolute Gasteiger partial charge is 0.416 e. The summed E-state index contributed by atoms with van der Waals surface area (Å²) in [6.07, 6.45) is -3.82. The molecule has 0 heterocycles. The molecule has 0 aromatic heterocycles. The van der Waals surface area contributed by atoms with Crippen LogP contribution in [0.25, 0.3) is 0 Å². The molecule has 0 aliphatic heterocycles. The molecule has 0 nitrogen and oxygen atoms in total. The molecule has 0 saturated heterocycles. The molecular weight excluding hydrogens is 365 g/mol. The van der Waals surface area contributed by atoms with Crippen LogP contribution in [0.2, 0.25) is 0 Å². The molecule has 0 N–H and O–H groups in total. The average molecular weight is 378 g/mol. The van der Waals surface area contributed by atoms with E-state index < -0.39 is 11.7 Å². The van der Waals surface area contributed by atoms with Gasteiger partial charge in [0.2, 0.25) is 0 Å². The van der Waals surface area contributed by atoms with Crippen LogP contribution in [0.3, 0.4) is 0 Å². The SMILES string of the molecule is Cc1ccc(Br)cc1C(Cl)Cc1ccc(C(F)(F)F)cc1. The summed E-state index contributed by atoms with van der Waals surface area (Å²) in [7, 11) is 0. The smallest absolute Gasteiger partial charge is 0.166 e. The quantitative estimate of drug-likeness (QED) is 0.551. The van der Waals surface area contributed by atoms with Crippen LogP contribution in [0.4, 0.5) is 13.2 Å².